The normalized spacial score (nSPS) is 27.0. The van der Waals surface area contributed by atoms with Crippen LogP contribution in [-0.2, 0) is 15.0 Å². The number of hydrogen-bond donors (Lipinski definition) is 2. The van der Waals surface area contributed by atoms with Gasteiger partial charge in [0.05, 0.1) is 11.5 Å². The lowest BCUT2D eigenvalue weighted by molar-refractivity contribution is -0.131. The molecule has 41 heavy (non-hydrogen) atoms. The summed E-state index contributed by atoms with van der Waals surface area (Å²) in [5, 5.41) is 6.05. The topological polar surface area (TPSA) is 67.4 Å². The first-order valence-corrected chi connectivity index (χ1v) is 15.3. The fourth-order valence-electron chi connectivity index (χ4n) is 7.32. The van der Waals surface area contributed by atoms with Gasteiger partial charge in [-0.25, -0.2) is 8.78 Å². The summed E-state index contributed by atoms with van der Waals surface area (Å²) < 4.78 is 37.3. The zero-order chi connectivity index (χ0) is 29.0. The van der Waals surface area contributed by atoms with Gasteiger partial charge in [-0.15, -0.1) is 0 Å². The Bertz CT molecular complexity index is 1350. The summed E-state index contributed by atoms with van der Waals surface area (Å²) in [5.41, 5.74) is 0.426. The van der Waals surface area contributed by atoms with E-state index in [-0.39, 0.29) is 54.0 Å². The lowest BCUT2D eigenvalue weighted by Crippen LogP contribution is -2.46. The molecule has 0 unspecified atom stereocenters. The lowest BCUT2D eigenvalue weighted by atomic mass is 9.73. The summed E-state index contributed by atoms with van der Waals surface area (Å²) in [4.78, 5) is 25.8. The van der Waals surface area contributed by atoms with Gasteiger partial charge >= 0.3 is 0 Å². The molecule has 3 atom stereocenters. The van der Waals surface area contributed by atoms with Crippen molar-refractivity contribution in [2.24, 2.45) is 5.92 Å². The van der Waals surface area contributed by atoms with E-state index in [9.17, 15) is 9.59 Å². The number of Topliss-reactive ketones (excluding diaryl/α,β-unsaturated/α-hetero) is 1. The number of amides is 1. The number of ether oxygens (including phenoxy) is 1. The highest BCUT2D eigenvalue weighted by molar-refractivity contribution is 5.89. The molecule has 5 nitrogen and oxygen atoms in total. The summed E-state index contributed by atoms with van der Waals surface area (Å²) in [5.74, 6) is 0.345. The van der Waals surface area contributed by atoms with E-state index < -0.39 is 11.1 Å². The minimum Gasteiger partial charge on any atom is -0.490 e. The third-order valence-corrected chi connectivity index (χ3v) is 10.3. The molecule has 1 saturated heterocycles. The van der Waals surface area contributed by atoms with E-state index >= 15 is 8.78 Å². The molecule has 7 heteroatoms. The first kappa shape index (κ1) is 28.3. The van der Waals surface area contributed by atoms with Gasteiger partial charge in [0, 0.05) is 37.5 Å². The highest BCUT2D eigenvalue weighted by Crippen LogP contribution is 2.49. The Morgan fingerprint density at radius 1 is 1.10 bits per heavy atom. The Labute approximate surface area is 241 Å². The maximum Gasteiger partial charge on any atom is 0.229 e. The van der Waals surface area contributed by atoms with Crippen LogP contribution in [0.3, 0.4) is 0 Å². The largest absolute Gasteiger partial charge is 0.490 e. The number of likely N-dealkylation sites (N-methyl/N-ethyl adjacent to an activating group) is 1. The number of alkyl halides is 1. The van der Waals surface area contributed by atoms with Crippen LogP contribution >= 0.6 is 0 Å². The molecule has 3 aliphatic carbocycles. The molecule has 0 bridgehead atoms. The van der Waals surface area contributed by atoms with Crippen LogP contribution in [0.2, 0.25) is 0 Å². The molecule has 1 aliphatic heterocycles. The van der Waals surface area contributed by atoms with E-state index in [1.807, 2.05) is 38.1 Å². The van der Waals surface area contributed by atoms with E-state index in [1.165, 1.54) is 6.07 Å². The van der Waals surface area contributed by atoms with Crippen molar-refractivity contribution in [3.63, 3.8) is 0 Å². The summed E-state index contributed by atoms with van der Waals surface area (Å²) in [6.07, 6.45) is 7.65. The molecule has 1 spiro atoms. The quantitative estimate of drug-likeness (QED) is 0.364. The van der Waals surface area contributed by atoms with Gasteiger partial charge < -0.3 is 15.4 Å². The summed E-state index contributed by atoms with van der Waals surface area (Å²) in [6.45, 7) is 3.89. The van der Waals surface area contributed by atoms with Crippen molar-refractivity contribution in [3.05, 3.63) is 53.3 Å². The first-order chi connectivity index (χ1) is 19.5. The summed E-state index contributed by atoms with van der Waals surface area (Å²) in [6, 6.07) is 11.0. The molecule has 4 aliphatic rings. The third kappa shape index (κ3) is 5.31. The second kappa shape index (κ2) is 10.5. The fourth-order valence-corrected chi connectivity index (χ4v) is 7.32. The minimum absolute atomic E-state index is 0.0872. The number of rotatable bonds is 9. The van der Waals surface area contributed by atoms with E-state index in [0.29, 0.717) is 24.2 Å². The number of halogens is 2. The van der Waals surface area contributed by atoms with Gasteiger partial charge in [0.15, 0.2) is 11.5 Å². The second-order valence-corrected chi connectivity index (χ2v) is 13.6. The predicted molar refractivity (Wildman–Crippen MR) is 155 cm³/mol. The average Bonchev–Trinajstić information content (AvgIpc) is 3.56. The standard InChI is InChI=1S/C34H42F2N2O3/c1-32(2,31(40)37-3)23-11-13-28(26(18-23)25-6-4-7-27(35)30(25)22-9-10-22)41-24-12-8-21(16-24)17-29(39)34(36)19-33(38-20-34)14-5-15-33/h4,6-7,11,13,18,21-22,24,38H,5,8-10,12,14-17,19-20H2,1-3H3,(H,37,40)/t21-,24-,34+/m1/s1. The first-order valence-electron chi connectivity index (χ1n) is 15.3. The Hall–Kier alpha value is -2.80. The van der Waals surface area contributed by atoms with Gasteiger partial charge in [-0.2, -0.15) is 0 Å². The number of benzene rings is 2. The number of carbonyl (C=O) groups is 2. The third-order valence-electron chi connectivity index (χ3n) is 10.3. The number of ketones is 1. The molecule has 1 heterocycles. The van der Waals surface area contributed by atoms with Crippen LogP contribution < -0.4 is 15.4 Å². The van der Waals surface area contributed by atoms with Gasteiger partial charge in [-0.3, -0.25) is 9.59 Å². The van der Waals surface area contributed by atoms with Gasteiger partial charge in [-0.1, -0.05) is 18.2 Å². The molecular weight excluding hydrogens is 522 g/mol. The van der Waals surface area contributed by atoms with Gasteiger partial charge in [0.2, 0.25) is 5.91 Å². The molecule has 0 aromatic heterocycles. The van der Waals surface area contributed by atoms with Crippen molar-refractivity contribution < 1.29 is 23.1 Å². The Morgan fingerprint density at radius 2 is 1.88 bits per heavy atom. The van der Waals surface area contributed by atoms with Gasteiger partial charge in [0.25, 0.3) is 0 Å². The highest BCUT2D eigenvalue weighted by atomic mass is 19.1. The van der Waals surface area contributed by atoms with Crippen molar-refractivity contribution in [1.82, 2.24) is 10.6 Å². The van der Waals surface area contributed by atoms with Crippen molar-refractivity contribution in [1.29, 1.82) is 0 Å². The molecule has 220 valence electrons. The molecule has 2 aromatic rings. The van der Waals surface area contributed by atoms with Gasteiger partial charge in [0.1, 0.15) is 11.6 Å². The van der Waals surface area contributed by atoms with Crippen molar-refractivity contribution in [2.45, 2.75) is 107 Å². The lowest BCUT2D eigenvalue weighted by Gasteiger charge is -2.38. The fraction of sp³-hybridized carbons (Fsp3) is 0.588. The van der Waals surface area contributed by atoms with Crippen LogP contribution in [0.1, 0.15) is 95.1 Å². The van der Waals surface area contributed by atoms with E-state index in [1.54, 1.807) is 13.1 Å². The second-order valence-electron chi connectivity index (χ2n) is 13.6. The summed E-state index contributed by atoms with van der Waals surface area (Å²) in [7, 11) is 1.63. The molecule has 4 fully saturated rings. The molecule has 6 rings (SSSR count). The number of hydrogen-bond acceptors (Lipinski definition) is 4. The van der Waals surface area contributed by atoms with E-state index in [0.717, 1.165) is 61.6 Å². The zero-order valence-electron chi connectivity index (χ0n) is 24.5. The maximum atomic E-state index is 15.6. The molecular formula is C34H42F2N2O3. The van der Waals surface area contributed by atoms with E-state index in [2.05, 4.69) is 10.6 Å². The van der Waals surface area contributed by atoms with Crippen LogP contribution in [0.5, 0.6) is 5.75 Å². The van der Waals surface area contributed by atoms with Crippen LogP contribution in [0, 0.1) is 11.7 Å². The molecule has 2 aromatic carbocycles. The molecule has 3 saturated carbocycles. The Balaban J connectivity index is 1.22. The van der Waals surface area contributed by atoms with Crippen molar-refractivity contribution in [3.8, 4) is 16.9 Å². The SMILES string of the molecule is CNC(=O)C(C)(C)c1ccc(O[C@@H]2CC[C@@H](CC(=O)[C@@]3(F)CNC4(CCC4)C3)C2)c(-c2cccc(F)c2C2CC2)c1. The van der Waals surface area contributed by atoms with Crippen LogP contribution in [0.4, 0.5) is 8.78 Å². The molecule has 1 amide bonds. The smallest absolute Gasteiger partial charge is 0.229 e. The minimum atomic E-state index is -1.75. The average molecular weight is 565 g/mol. The number of nitrogens with one attached hydrogen (secondary N) is 2. The van der Waals surface area contributed by atoms with E-state index in [4.69, 9.17) is 4.74 Å². The molecule has 2 N–H and O–H groups in total. The van der Waals surface area contributed by atoms with Crippen molar-refractivity contribution >= 4 is 11.7 Å². The maximum absolute atomic E-state index is 15.6. The van der Waals surface area contributed by atoms with Crippen LogP contribution in [0.15, 0.2) is 36.4 Å². The monoisotopic (exact) mass is 564 g/mol. The zero-order valence-corrected chi connectivity index (χ0v) is 24.5. The summed E-state index contributed by atoms with van der Waals surface area (Å²) >= 11 is 0. The van der Waals surface area contributed by atoms with Gasteiger partial charge in [-0.05, 0) is 112 Å². The Morgan fingerprint density at radius 3 is 2.54 bits per heavy atom. The highest BCUT2D eigenvalue weighted by Gasteiger charge is 2.55. The van der Waals surface area contributed by atoms with Crippen molar-refractivity contribution in [2.75, 3.05) is 13.6 Å². The van der Waals surface area contributed by atoms with Crippen LogP contribution in [0.25, 0.3) is 11.1 Å². The molecule has 0 radical (unpaired) electrons. The van der Waals surface area contributed by atoms with Crippen LogP contribution in [-0.4, -0.2) is 42.6 Å². The number of carbonyl (C=O) groups excluding carboxylic acids is 2. The predicted octanol–water partition coefficient (Wildman–Crippen LogP) is 6.52. The Kier molecular flexibility index (Phi) is 7.24.